The summed E-state index contributed by atoms with van der Waals surface area (Å²) >= 11 is 0. The van der Waals surface area contributed by atoms with E-state index in [1.165, 1.54) is 6.20 Å². The summed E-state index contributed by atoms with van der Waals surface area (Å²) < 4.78 is 23.0. The molecular weight excluding hydrogens is 401 g/mol. The van der Waals surface area contributed by atoms with Crippen LogP contribution in [0.4, 0.5) is 15.3 Å². The Balaban J connectivity index is 2.51. The van der Waals surface area contributed by atoms with Crippen LogP contribution in [0.3, 0.4) is 0 Å². The fourth-order valence-corrected chi connectivity index (χ4v) is 2.74. The van der Waals surface area contributed by atoms with E-state index < -0.39 is 41.7 Å². The lowest BCUT2D eigenvalue weighted by atomic mass is 9.81. The number of rotatable bonds is 2. The molecule has 1 aliphatic rings. The van der Waals surface area contributed by atoms with Gasteiger partial charge in [-0.3, -0.25) is 0 Å². The zero-order chi connectivity index (χ0) is 24.0. The normalized spacial score (nSPS) is 18.0. The van der Waals surface area contributed by atoms with E-state index >= 15 is 0 Å². The predicted molar refractivity (Wildman–Crippen MR) is 117 cm³/mol. The van der Waals surface area contributed by atoms with E-state index in [4.69, 9.17) is 18.8 Å². The van der Waals surface area contributed by atoms with Crippen molar-refractivity contribution >= 4 is 30.6 Å². The zero-order valence-electron chi connectivity index (χ0n) is 20.4. The van der Waals surface area contributed by atoms with Crippen molar-refractivity contribution in [2.45, 2.75) is 98.6 Å². The number of hydrogen-bond donors (Lipinski definition) is 0. The van der Waals surface area contributed by atoms with Crippen molar-refractivity contribution in [1.82, 2.24) is 10.2 Å². The molecule has 0 N–H and O–H groups in total. The maximum atomic E-state index is 13.0. The topological polar surface area (TPSA) is 100 Å². The monoisotopic (exact) mass is 435 g/mol. The summed E-state index contributed by atoms with van der Waals surface area (Å²) in [4.78, 5) is 26.8. The van der Waals surface area contributed by atoms with Crippen LogP contribution >= 0.6 is 0 Å². The molecule has 1 aliphatic heterocycles. The molecule has 2 rings (SSSR count). The van der Waals surface area contributed by atoms with Gasteiger partial charge in [-0.05, 0) is 81.7 Å². The van der Waals surface area contributed by atoms with E-state index in [9.17, 15) is 9.59 Å². The Bertz CT molecular complexity index is 814. The summed E-state index contributed by atoms with van der Waals surface area (Å²) in [6, 6.07) is 0. The fraction of sp³-hybridized carbons (Fsp3) is 0.714. The van der Waals surface area contributed by atoms with E-state index in [1.54, 1.807) is 48.5 Å². The first-order valence-electron chi connectivity index (χ1n) is 10.3. The van der Waals surface area contributed by atoms with Gasteiger partial charge in [0, 0.05) is 0 Å². The number of hydrogen-bond acceptors (Lipinski definition) is 8. The number of anilines is 1. The van der Waals surface area contributed by atoms with E-state index in [-0.39, 0.29) is 5.69 Å². The Morgan fingerprint density at radius 3 is 1.74 bits per heavy atom. The fourth-order valence-electron chi connectivity index (χ4n) is 2.74. The maximum absolute atomic E-state index is 13.0. The minimum absolute atomic E-state index is 0.184. The molecule has 0 unspecified atom stereocenters. The first-order chi connectivity index (χ1) is 13.8. The standard InChI is InChI=1S/C21H34BN3O6/c1-13-14(12-23-24-15(13)22-30-20(8,9)21(10,11)31-22)25(16(26)28-18(2,3)4)17(27)29-19(5,6)7/h12H,1-11H3. The Kier molecular flexibility index (Phi) is 6.51. The molecule has 1 aromatic heterocycles. The quantitative estimate of drug-likeness (QED) is 0.648. The molecule has 0 aromatic carbocycles. The second kappa shape index (κ2) is 8.05. The summed E-state index contributed by atoms with van der Waals surface area (Å²) in [5.41, 5.74) is -1.77. The number of carbonyl (C=O) groups excluding carboxylic acids is 2. The van der Waals surface area contributed by atoms with Crippen LogP contribution in [0.1, 0.15) is 74.8 Å². The third kappa shape index (κ3) is 5.74. The molecule has 0 bridgehead atoms. The number of amides is 2. The average Bonchev–Trinajstić information content (AvgIpc) is 2.73. The maximum Gasteiger partial charge on any atom is 0.516 e. The highest BCUT2D eigenvalue weighted by atomic mass is 16.7. The van der Waals surface area contributed by atoms with Crippen molar-refractivity contribution in [1.29, 1.82) is 0 Å². The lowest BCUT2D eigenvalue weighted by molar-refractivity contribution is 0.00578. The molecule has 1 saturated heterocycles. The van der Waals surface area contributed by atoms with Crippen molar-refractivity contribution in [3.63, 3.8) is 0 Å². The molecule has 0 spiro atoms. The predicted octanol–water partition coefficient (Wildman–Crippen LogP) is 3.76. The van der Waals surface area contributed by atoms with Gasteiger partial charge in [-0.25, -0.2) is 9.59 Å². The highest BCUT2D eigenvalue weighted by Crippen LogP contribution is 2.37. The molecule has 2 heterocycles. The van der Waals surface area contributed by atoms with Gasteiger partial charge in [0.15, 0.2) is 0 Å². The second-order valence-corrected chi connectivity index (χ2v) is 10.6. The average molecular weight is 435 g/mol. The van der Waals surface area contributed by atoms with Crippen molar-refractivity contribution < 1.29 is 28.4 Å². The number of ether oxygens (including phenoxy) is 2. The minimum atomic E-state index is -0.877. The van der Waals surface area contributed by atoms with Crippen LogP contribution in [0.2, 0.25) is 0 Å². The van der Waals surface area contributed by atoms with Crippen LogP contribution < -0.4 is 10.5 Å². The Hall–Kier alpha value is -2.20. The van der Waals surface area contributed by atoms with Gasteiger partial charge in [0.25, 0.3) is 0 Å². The molecule has 2 amide bonds. The molecule has 1 aromatic rings. The minimum Gasteiger partial charge on any atom is -0.443 e. The highest BCUT2D eigenvalue weighted by molar-refractivity contribution is 6.61. The van der Waals surface area contributed by atoms with Crippen LogP contribution in [0.5, 0.6) is 0 Å². The third-order valence-corrected chi connectivity index (χ3v) is 4.98. The van der Waals surface area contributed by atoms with E-state index in [2.05, 4.69) is 10.2 Å². The largest absolute Gasteiger partial charge is 0.516 e. The Morgan fingerprint density at radius 1 is 0.935 bits per heavy atom. The van der Waals surface area contributed by atoms with E-state index in [0.29, 0.717) is 11.2 Å². The molecule has 0 saturated carbocycles. The second-order valence-electron chi connectivity index (χ2n) is 10.6. The van der Waals surface area contributed by atoms with Crippen LogP contribution in [-0.4, -0.2) is 51.9 Å². The Morgan fingerprint density at radius 2 is 1.35 bits per heavy atom. The molecule has 10 heteroatoms. The summed E-state index contributed by atoms with van der Waals surface area (Å²) in [6.45, 7) is 19.7. The van der Waals surface area contributed by atoms with Gasteiger partial charge in [-0.2, -0.15) is 15.1 Å². The lowest BCUT2D eigenvalue weighted by Gasteiger charge is -2.32. The summed E-state index contributed by atoms with van der Waals surface area (Å²) in [5, 5.41) is 8.17. The van der Waals surface area contributed by atoms with Crippen molar-refractivity contribution in [2.75, 3.05) is 4.90 Å². The van der Waals surface area contributed by atoms with Gasteiger partial charge < -0.3 is 18.8 Å². The van der Waals surface area contributed by atoms with Gasteiger partial charge in [0.2, 0.25) is 0 Å². The lowest BCUT2D eigenvalue weighted by Crippen LogP contribution is -2.46. The first-order valence-corrected chi connectivity index (χ1v) is 10.3. The Labute approximate surface area is 184 Å². The molecule has 172 valence electrons. The van der Waals surface area contributed by atoms with Crippen molar-refractivity contribution in [2.24, 2.45) is 0 Å². The summed E-state index contributed by atoms with van der Waals surface area (Å²) in [6.07, 6.45) is -0.437. The molecule has 31 heavy (non-hydrogen) atoms. The van der Waals surface area contributed by atoms with Crippen LogP contribution in [0.15, 0.2) is 6.20 Å². The van der Waals surface area contributed by atoms with Gasteiger partial charge in [0.1, 0.15) is 11.2 Å². The van der Waals surface area contributed by atoms with Crippen LogP contribution in [-0.2, 0) is 18.8 Å². The molecule has 1 fully saturated rings. The number of aromatic nitrogens is 2. The zero-order valence-corrected chi connectivity index (χ0v) is 20.4. The smallest absolute Gasteiger partial charge is 0.443 e. The first kappa shape index (κ1) is 25.1. The molecule has 0 atom stereocenters. The third-order valence-electron chi connectivity index (χ3n) is 4.98. The molecular formula is C21H34BN3O6. The molecule has 9 nitrogen and oxygen atoms in total. The van der Waals surface area contributed by atoms with Crippen molar-refractivity contribution in [3.05, 3.63) is 11.8 Å². The highest BCUT2D eigenvalue weighted by Gasteiger charge is 2.53. The number of imide groups is 1. The van der Waals surface area contributed by atoms with Gasteiger partial charge in [-0.1, -0.05) is 0 Å². The van der Waals surface area contributed by atoms with Gasteiger partial charge >= 0.3 is 19.3 Å². The van der Waals surface area contributed by atoms with E-state index in [1.807, 2.05) is 27.7 Å². The van der Waals surface area contributed by atoms with Gasteiger partial charge in [-0.15, -0.1) is 0 Å². The number of nitrogens with zero attached hydrogens (tertiary/aromatic N) is 3. The van der Waals surface area contributed by atoms with E-state index in [0.717, 1.165) is 4.90 Å². The van der Waals surface area contributed by atoms with Crippen LogP contribution in [0, 0.1) is 6.92 Å². The van der Waals surface area contributed by atoms with Crippen molar-refractivity contribution in [3.8, 4) is 0 Å². The number of carbonyl (C=O) groups is 2. The molecule has 0 radical (unpaired) electrons. The molecule has 0 aliphatic carbocycles. The SMILES string of the molecule is Cc1c(N(C(=O)OC(C)(C)C)C(=O)OC(C)(C)C)cnnc1B1OC(C)(C)C(C)(C)O1. The van der Waals surface area contributed by atoms with Crippen LogP contribution in [0.25, 0.3) is 0 Å². The summed E-state index contributed by atoms with van der Waals surface area (Å²) in [5.74, 6) is 0. The van der Waals surface area contributed by atoms with Gasteiger partial charge in [0.05, 0.1) is 28.7 Å². The summed E-state index contributed by atoms with van der Waals surface area (Å²) in [7, 11) is -0.809.